The quantitative estimate of drug-likeness (QED) is 0.606. The zero-order valence-electron chi connectivity index (χ0n) is 8.78. The monoisotopic (exact) mass is 270 g/mol. The van der Waals surface area contributed by atoms with Gasteiger partial charge in [-0.3, -0.25) is 4.79 Å². The summed E-state index contributed by atoms with van der Waals surface area (Å²) in [5.74, 6) is -0.184. The van der Waals surface area contributed by atoms with Crippen molar-refractivity contribution in [1.82, 2.24) is 0 Å². The Bertz CT molecular complexity index is 298. The second-order valence-electron chi connectivity index (χ2n) is 3.35. The van der Waals surface area contributed by atoms with Crippen molar-refractivity contribution in [2.24, 2.45) is 0 Å². The average Bonchev–Trinajstić information content (AvgIpc) is 2.19. The van der Waals surface area contributed by atoms with Crippen LogP contribution in [0.4, 0.5) is 0 Å². The van der Waals surface area contributed by atoms with Gasteiger partial charge < -0.3 is 4.74 Å². The molecule has 82 valence electrons. The summed E-state index contributed by atoms with van der Waals surface area (Å²) < 4.78 is 5.17. The molecule has 0 spiro atoms. The Balaban J connectivity index is 2.36. The molecule has 1 aromatic carbocycles. The zero-order valence-corrected chi connectivity index (χ0v) is 10.4. The molecule has 0 radical (unpaired) electrons. The Morgan fingerprint density at radius 1 is 1.40 bits per heavy atom. The van der Waals surface area contributed by atoms with E-state index in [1.807, 2.05) is 30.3 Å². The average molecular weight is 271 g/mol. The fraction of sp³-hybridized carbons (Fsp3) is 0.417. The lowest BCUT2D eigenvalue weighted by Gasteiger charge is -2.10. The van der Waals surface area contributed by atoms with Crippen molar-refractivity contribution in [2.45, 2.75) is 31.2 Å². The van der Waals surface area contributed by atoms with Crippen LogP contribution in [0, 0.1) is 0 Å². The van der Waals surface area contributed by atoms with Crippen LogP contribution in [0.3, 0.4) is 0 Å². The first kappa shape index (κ1) is 12.2. The highest BCUT2D eigenvalue weighted by molar-refractivity contribution is 9.09. The molecule has 1 aromatic rings. The summed E-state index contributed by atoms with van der Waals surface area (Å²) in [5, 5.41) is -0.154. The van der Waals surface area contributed by atoms with E-state index in [2.05, 4.69) is 22.9 Å². The van der Waals surface area contributed by atoms with Gasteiger partial charge in [0.15, 0.2) is 5.01 Å². The van der Waals surface area contributed by atoms with Crippen molar-refractivity contribution in [3.8, 4) is 0 Å². The van der Waals surface area contributed by atoms with E-state index in [0.29, 0.717) is 6.42 Å². The smallest absolute Gasteiger partial charge is 0.311 e. The molecule has 15 heavy (non-hydrogen) atoms. The Kier molecular flexibility index (Phi) is 5.40. The van der Waals surface area contributed by atoms with E-state index in [9.17, 15) is 4.79 Å². The molecule has 0 aromatic heterocycles. The first-order chi connectivity index (χ1) is 7.22. The van der Waals surface area contributed by atoms with Crippen molar-refractivity contribution >= 4 is 21.9 Å². The number of hydrogen-bond acceptors (Lipinski definition) is 2. The molecule has 1 unspecified atom stereocenters. The molecule has 0 heterocycles. The highest BCUT2D eigenvalue weighted by atomic mass is 79.9. The van der Waals surface area contributed by atoms with Crippen molar-refractivity contribution < 1.29 is 9.53 Å². The third-order valence-corrected chi connectivity index (χ3v) is 2.61. The maximum absolute atomic E-state index is 11.4. The number of benzene rings is 1. The summed E-state index contributed by atoms with van der Waals surface area (Å²) in [6.45, 7) is 2.05. The topological polar surface area (TPSA) is 26.3 Å². The summed E-state index contributed by atoms with van der Waals surface area (Å²) in [5.41, 5.74) is 0.985. The Morgan fingerprint density at radius 2 is 2.07 bits per heavy atom. The van der Waals surface area contributed by atoms with Crippen LogP contribution in [0.2, 0.25) is 0 Å². The van der Waals surface area contributed by atoms with E-state index >= 15 is 0 Å². The van der Waals surface area contributed by atoms with Gasteiger partial charge in [0.05, 0.1) is 6.42 Å². The van der Waals surface area contributed by atoms with Crippen LogP contribution in [0.5, 0.6) is 0 Å². The predicted molar refractivity (Wildman–Crippen MR) is 63.9 cm³/mol. The van der Waals surface area contributed by atoms with Gasteiger partial charge >= 0.3 is 5.97 Å². The lowest BCUT2D eigenvalue weighted by atomic mass is 10.2. The maximum atomic E-state index is 11.4. The number of rotatable bonds is 5. The van der Waals surface area contributed by atoms with Crippen LogP contribution >= 0.6 is 15.9 Å². The van der Waals surface area contributed by atoms with Crippen LogP contribution in [-0.4, -0.2) is 11.0 Å². The molecular formula is C12H15BrO2. The van der Waals surface area contributed by atoms with E-state index in [1.165, 1.54) is 0 Å². The lowest BCUT2D eigenvalue weighted by Crippen LogP contribution is -2.14. The molecule has 0 fully saturated rings. The molecular weight excluding hydrogens is 256 g/mol. The number of halogens is 1. The molecule has 0 amide bonds. The Labute approximate surface area is 98.8 Å². The number of carbonyl (C=O) groups is 1. The highest BCUT2D eigenvalue weighted by Crippen LogP contribution is 2.11. The van der Waals surface area contributed by atoms with E-state index in [0.717, 1.165) is 18.4 Å². The lowest BCUT2D eigenvalue weighted by molar-refractivity contribution is -0.144. The summed E-state index contributed by atoms with van der Waals surface area (Å²) in [7, 11) is 0. The van der Waals surface area contributed by atoms with Gasteiger partial charge in [0.1, 0.15) is 0 Å². The number of hydrogen-bond donors (Lipinski definition) is 0. The summed E-state index contributed by atoms with van der Waals surface area (Å²) >= 11 is 3.31. The fourth-order valence-electron chi connectivity index (χ4n) is 1.23. The van der Waals surface area contributed by atoms with Crippen LogP contribution in [-0.2, 0) is 16.0 Å². The minimum atomic E-state index is -0.184. The van der Waals surface area contributed by atoms with E-state index < -0.39 is 0 Å². The molecule has 3 heteroatoms. The van der Waals surface area contributed by atoms with Crippen LogP contribution in [0.1, 0.15) is 25.3 Å². The standard InChI is InChI=1S/C12H15BrO2/c1-2-6-11(13)15-12(14)9-10-7-4-3-5-8-10/h3-5,7-8,11H,2,6,9H2,1H3. The third-order valence-electron chi connectivity index (χ3n) is 1.97. The van der Waals surface area contributed by atoms with Crippen LogP contribution in [0.15, 0.2) is 30.3 Å². The van der Waals surface area contributed by atoms with Crippen molar-refractivity contribution in [1.29, 1.82) is 0 Å². The molecule has 0 aliphatic rings. The number of alkyl halides is 1. The van der Waals surface area contributed by atoms with Gasteiger partial charge in [0, 0.05) is 0 Å². The van der Waals surface area contributed by atoms with Gasteiger partial charge in [-0.05, 0) is 27.9 Å². The highest BCUT2D eigenvalue weighted by Gasteiger charge is 2.10. The van der Waals surface area contributed by atoms with Gasteiger partial charge in [-0.1, -0.05) is 43.7 Å². The summed E-state index contributed by atoms with van der Waals surface area (Å²) in [6.07, 6.45) is 2.18. The molecule has 0 N–H and O–H groups in total. The van der Waals surface area contributed by atoms with Gasteiger partial charge in [-0.15, -0.1) is 0 Å². The van der Waals surface area contributed by atoms with Gasteiger partial charge in [0.25, 0.3) is 0 Å². The molecule has 2 nitrogen and oxygen atoms in total. The molecule has 1 atom stereocenters. The second kappa shape index (κ2) is 6.62. The van der Waals surface area contributed by atoms with Crippen LogP contribution < -0.4 is 0 Å². The first-order valence-corrected chi connectivity index (χ1v) is 6.01. The number of ether oxygens (including phenoxy) is 1. The zero-order chi connectivity index (χ0) is 11.1. The number of esters is 1. The molecule has 1 rings (SSSR count). The molecule has 0 saturated carbocycles. The summed E-state index contributed by atoms with van der Waals surface area (Å²) in [6, 6.07) is 9.61. The summed E-state index contributed by atoms with van der Waals surface area (Å²) in [4.78, 5) is 11.4. The van der Waals surface area contributed by atoms with Gasteiger partial charge in [-0.25, -0.2) is 0 Å². The SMILES string of the molecule is CCCC(Br)OC(=O)Cc1ccccc1. The van der Waals surface area contributed by atoms with Crippen molar-refractivity contribution in [3.63, 3.8) is 0 Å². The number of carbonyl (C=O) groups excluding carboxylic acids is 1. The second-order valence-corrected chi connectivity index (χ2v) is 4.37. The van der Waals surface area contributed by atoms with Crippen LogP contribution in [0.25, 0.3) is 0 Å². The molecule has 0 aliphatic heterocycles. The minimum absolute atomic E-state index is 0.154. The van der Waals surface area contributed by atoms with E-state index in [1.54, 1.807) is 0 Å². The predicted octanol–water partition coefficient (Wildman–Crippen LogP) is 3.29. The Morgan fingerprint density at radius 3 is 2.67 bits per heavy atom. The molecule has 0 saturated heterocycles. The Hall–Kier alpha value is -0.830. The maximum Gasteiger partial charge on any atom is 0.311 e. The van der Waals surface area contributed by atoms with E-state index in [-0.39, 0.29) is 11.0 Å². The largest absolute Gasteiger partial charge is 0.450 e. The van der Waals surface area contributed by atoms with E-state index in [4.69, 9.17) is 4.74 Å². The van der Waals surface area contributed by atoms with Gasteiger partial charge in [0.2, 0.25) is 0 Å². The molecule has 0 bridgehead atoms. The molecule has 0 aliphatic carbocycles. The van der Waals surface area contributed by atoms with Crippen molar-refractivity contribution in [3.05, 3.63) is 35.9 Å². The van der Waals surface area contributed by atoms with Crippen molar-refractivity contribution in [2.75, 3.05) is 0 Å². The fourth-order valence-corrected chi connectivity index (χ4v) is 1.90. The first-order valence-electron chi connectivity index (χ1n) is 5.10. The van der Waals surface area contributed by atoms with Gasteiger partial charge in [-0.2, -0.15) is 0 Å². The minimum Gasteiger partial charge on any atom is -0.450 e. The normalized spacial score (nSPS) is 12.1. The third kappa shape index (κ3) is 4.98.